The summed E-state index contributed by atoms with van der Waals surface area (Å²) >= 11 is 0. The summed E-state index contributed by atoms with van der Waals surface area (Å²) in [5, 5.41) is 54.3. The van der Waals surface area contributed by atoms with Crippen molar-refractivity contribution in [3.8, 4) is 5.75 Å². The second kappa shape index (κ2) is 11.2. The number of aliphatic hydroxyl groups is 3. The van der Waals surface area contributed by atoms with Crippen LogP contribution in [-0.2, 0) is 16.0 Å². The molecular weight excluding hydrogens is 602 g/mol. The number of amides is 1. The molecule has 0 saturated heterocycles. The maximum atomic E-state index is 14.3. The summed E-state index contributed by atoms with van der Waals surface area (Å²) in [7, 11) is 6.77. The number of likely N-dealkylation sites (N-methyl/N-ethyl adjacent to an activating group) is 1. The summed E-state index contributed by atoms with van der Waals surface area (Å²) in [6, 6.07) is 14.2. The van der Waals surface area contributed by atoms with E-state index < -0.39 is 63.8 Å². The SMILES string of the molecule is C=C(Nc1cc(N(C)C)c2c(c1O)C(=O)C1=C(O)[C@@]3(O)C(=O)C(C(N)=O)=C(O)[C@H](N(C)C)[C@H]3C[C@H]1C2)Nc1cccc2ccccc12. The van der Waals surface area contributed by atoms with Gasteiger partial charge in [-0.1, -0.05) is 43.0 Å². The highest BCUT2D eigenvalue weighted by molar-refractivity contribution is 6.25. The Bertz CT molecular complexity index is 1960. The number of allylic oxidation sites excluding steroid dienone is 1. The number of nitrogens with zero attached hydrogens (tertiary/aromatic N) is 2. The van der Waals surface area contributed by atoms with Crippen LogP contribution in [0.4, 0.5) is 17.1 Å². The topological polar surface area (TPSA) is 189 Å². The molecule has 6 rings (SSSR count). The Kier molecular flexibility index (Phi) is 7.53. The molecule has 4 atom stereocenters. The first-order valence-corrected chi connectivity index (χ1v) is 15.1. The molecule has 0 saturated carbocycles. The number of hydrogen-bond acceptors (Lipinski definition) is 11. The first-order chi connectivity index (χ1) is 22.2. The molecule has 0 unspecified atom stereocenters. The number of carbonyl (C=O) groups is 3. The highest BCUT2D eigenvalue weighted by Gasteiger charge is 2.63. The van der Waals surface area contributed by atoms with E-state index in [1.54, 1.807) is 39.2 Å². The van der Waals surface area contributed by atoms with Crippen LogP contribution in [0.25, 0.3) is 10.8 Å². The van der Waals surface area contributed by atoms with Crippen molar-refractivity contribution in [3.63, 3.8) is 0 Å². The third kappa shape index (κ3) is 4.71. The summed E-state index contributed by atoms with van der Waals surface area (Å²) in [5.41, 5.74) is 3.61. The summed E-state index contributed by atoms with van der Waals surface area (Å²) in [6.45, 7) is 4.07. The van der Waals surface area contributed by atoms with Crippen molar-refractivity contribution in [1.29, 1.82) is 0 Å². The van der Waals surface area contributed by atoms with Gasteiger partial charge < -0.3 is 41.7 Å². The molecule has 0 aliphatic heterocycles. The van der Waals surface area contributed by atoms with Crippen LogP contribution < -0.4 is 21.3 Å². The number of nitrogens with one attached hydrogen (secondary N) is 2. The Morgan fingerprint density at radius 2 is 1.66 bits per heavy atom. The van der Waals surface area contributed by atoms with Crippen LogP contribution in [-0.4, -0.2) is 82.6 Å². The molecule has 1 amide bonds. The van der Waals surface area contributed by atoms with Crippen LogP contribution in [0, 0.1) is 11.8 Å². The number of ketones is 2. The van der Waals surface area contributed by atoms with E-state index in [-0.39, 0.29) is 29.7 Å². The van der Waals surface area contributed by atoms with Crippen molar-refractivity contribution < 1.29 is 34.8 Å². The number of Topliss-reactive ketones (excluding diaryl/α,β-unsaturated/α-hetero) is 2. The van der Waals surface area contributed by atoms with Crippen LogP contribution >= 0.6 is 0 Å². The number of hydrogen-bond donors (Lipinski definition) is 7. The van der Waals surface area contributed by atoms with Crippen molar-refractivity contribution in [2.75, 3.05) is 43.7 Å². The Hall–Kier alpha value is -5.33. The van der Waals surface area contributed by atoms with E-state index in [2.05, 4.69) is 17.2 Å². The lowest BCUT2D eigenvalue weighted by atomic mass is 9.58. The lowest BCUT2D eigenvalue weighted by Crippen LogP contribution is -2.63. The van der Waals surface area contributed by atoms with Crippen molar-refractivity contribution in [2.24, 2.45) is 17.6 Å². The maximum absolute atomic E-state index is 14.3. The van der Waals surface area contributed by atoms with E-state index in [0.717, 1.165) is 16.5 Å². The van der Waals surface area contributed by atoms with Gasteiger partial charge in [-0.25, -0.2) is 0 Å². The first kappa shape index (κ1) is 31.6. The van der Waals surface area contributed by atoms with Gasteiger partial charge in [-0.15, -0.1) is 0 Å². The largest absolute Gasteiger partial charge is 0.510 e. The van der Waals surface area contributed by atoms with E-state index in [0.29, 0.717) is 17.1 Å². The Morgan fingerprint density at radius 1 is 1.00 bits per heavy atom. The molecule has 3 aromatic rings. The highest BCUT2D eigenvalue weighted by Crippen LogP contribution is 2.54. The maximum Gasteiger partial charge on any atom is 0.255 e. The van der Waals surface area contributed by atoms with E-state index >= 15 is 0 Å². The number of rotatable bonds is 7. The summed E-state index contributed by atoms with van der Waals surface area (Å²) in [4.78, 5) is 43.5. The normalized spacial score (nSPS) is 23.7. The molecule has 0 radical (unpaired) electrons. The van der Waals surface area contributed by atoms with Crippen molar-refractivity contribution >= 4 is 45.3 Å². The number of aromatic hydroxyl groups is 1. The number of anilines is 3. The predicted octanol–water partition coefficient (Wildman–Crippen LogP) is 3.34. The van der Waals surface area contributed by atoms with Gasteiger partial charge >= 0.3 is 0 Å². The quantitative estimate of drug-likeness (QED) is 0.148. The van der Waals surface area contributed by atoms with E-state index in [1.807, 2.05) is 42.5 Å². The molecule has 244 valence electrons. The van der Waals surface area contributed by atoms with Gasteiger partial charge in [0.05, 0.1) is 17.3 Å². The molecule has 12 nitrogen and oxygen atoms in total. The minimum atomic E-state index is -2.71. The fourth-order valence-electron chi connectivity index (χ4n) is 7.48. The van der Waals surface area contributed by atoms with E-state index in [1.165, 1.54) is 4.90 Å². The lowest BCUT2D eigenvalue weighted by molar-refractivity contribution is -0.148. The van der Waals surface area contributed by atoms with Gasteiger partial charge in [0.2, 0.25) is 5.78 Å². The second-order valence-electron chi connectivity index (χ2n) is 12.8. The summed E-state index contributed by atoms with van der Waals surface area (Å²) in [5.74, 6) is -6.72. The lowest BCUT2D eigenvalue weighted by Gasteiger charge is -2.50. The smallest absolute Gasteiger partial charge is 0.255 e. The fraction of sp³-hybridized carbons (Fsp3) is 0.286. The zero-order chi connectivity index (χ0) is 34.1. The number of primary amides is 1. The van der Waals surface area contributed by atoms with Gasteiger partial charge in [0.25, 0.3) is 5.91 Å². The van der Waals surface area contributed by atoms with Crippen molar-refractivity contribution in [1.82, 2.24) is 4.90 Å². The second-order valence-corrected chi connectivity index (χ2v) is 12.8. The van der Waals surface area contributed by atoms with Gasteiger partial charge in [0.15, 0.2) is 17.1 Å². The minimum Gasteiger partial charge on any atom is -0.510 e. The van der Waals surface area contributed by atoms with E-state index in [4.69, 9.17) is 5.73 Å². The summed E-state index contributed by atoms with van der Waals surface area (Å²) in [6.07, 6.45) is 0.177. The molecule has 0 bridgehead atoms. The predicted molar refractivity (Wildman–Crippen MR) is 178 cm³/mol. The van der Waals surface area contributed by atoms with Crippen LogP contribution in [0.15, 0.2) is 83.6 Å². The molecule has 3 aromatic carbocycles. The van der Waals surface area contributed by atoms with Gasteiger partial charge in [0.1, 0.15) is 22.9 Å². The number of phenolic OH excluding ortho intramolecular Hbond substituents is 1. The average Bonchev–Trinajstić information content (AvgIpc) is 3.00. The number of carbonyl (C=O) groups excluding carboxylic acids is 3. The molecule has 47 heavy (non-hydrogen) atoms. The number of benzene rings is 3. The molecular formula is C35H37N5O7. The van der Waals surface area contributed by atoms with Gasteiger partial charge in [-0.2, -0.15) is 0 Å². The minimum absolute atomic E-state index is 0.00511. The van der Waals surface area contributed by atoms with Crippen LogP contribution in [0.1, 0.15) is 22.3 Å². The molecule has 0 heterocycles. The molecule has 0 spiro atoms. The molecule has 12 heteroatoms. The number of nitrogens with two attached hydrogens (primary N) is 1. The summed E-state index contributed by atoms with van der Waals surface area (Å²) < 4.78 is 0. The van der Waals surface area contributed by atoms with Gasteiger partial charge in [-0.05, 0) is 55.9 Å². The van der Waals surface area contributed by atoms with Crippen molar-refractivity contribution in [2.45, 2.75) is 24.5 Å². The highest BCUT2D eigenvalue weighted by atomic mass is 16.3. The van der Waals surface area contributed by atoms with Gasteiger partial charge in [-0.3, -0.25) is 19.3 Å². The zero-order valence-electron chi connectivity index (χ0n) is 26.5. The third-order valence-electron chi connectivity index (χ3n) is 9.54. The molecule has 0 fully saturated rings. The molecule has 3 aliphatic rings. The molecule has 3 aliphatic carbocycles. The van der Waals surface area contributed by atoms with Crippen molar-refractivity contribution in [3.05, 3.63) is 94.7 Å². The average molecular weight is 640 g/mol. The molecule has 8 N–H and O–H groups in total. The third-order valence-corrected chi connectivity index (χ3v) is 9.54. The van der Waals surface area contributed by atoms with E-state index in [9.17, 15) is 34.8 Å². The number of aliphatic hydroxyl groups excluding tert-OH is 2. The Labute approximate surface area is 271 Å². The van der Waals surface area contributed by atoms with Crippen LogP contribution in [0.2, 0.25) is 0 Å². The van der Waals surface area contributed by atoms with Crippen LogP contribution in [0.5, 0.6) is 5.75 Å². The Balaban J connectivity index is 1.43. The van der Waals surface area contributed by atoms with Gasteiger partial charge in [0, 0.05) is 42.3 Å². The Morgan fingerprint density at radius 3 is 2.32 bits per heavy atom. The van der Waals surface area contributed by atoms with Crippen LogP contribution in [0.3, 0.4) is 0 Å². The first-order valence-electron chi connectivity index (χ1n) is 15.1. The fourth-order valence-corrected chi connectivity index (χ4v) is 7.48. The number of phenols is 1. The number of fused-ring (bicyclic) bond motifs is 4. The standard InChI is InChI=1S/C35H37N5O7/c1-16(37-22-12-8-10-17-9-6-7-11-19(17)22)38-23-15-24(39(2)3)20-13-18-14-21-28(40(4)5)31(43)27(34(36)46)33(45)35(21,47)32(44)25(18)30(42)26(20)29(23)41/h6-12,15,18,21,28,37-38,41,43-44,47H,1,13-14H2,2-5H3,(H2,36,46)/t18-,21-,28-,35-/m1/s1. The molecule has 0 aromatic heterocycles. The monoisotopic (exact) mass is 639 g/mol. The zero-order valence-corrected chi connectivity index (χ0v) is 26.5.